The first kappa shape index (κ1) is 40.5. The van der Waals surface area contributed by atoms with Crippen molar-refractivity contribution in [1.82, 2.24) is 20.9 Å². The largest absolute Gasteiger partial charge is 0.460 e. The minimum absolute atomic E-state index is 0.0229. The molecule has 0 radical (unpaired) electrons. The Hall–Kier alpha value is -5.23. The van der Waals surface area contributed by atoms with E-state index in [9.17, 15) is 19.2 Å². The molecule has 0 aromatic heterocycles. The zero-order valence-corrected chi connectivity index (χ0v) is 31.8. The second-order valence-corrected chi connectivity index (χ2v) is 15.2. The van der Waals surface area contributed by atoms with Crippen molar-refractivity contribution >= 4 is 35.7 Å². The van der Waals surface area contributed by atoms with E-state index in [4.69, 9.17) is 14.2 Å². The molecule has 0 saturated carbocycles. The number of carbonyl (C=O) groups is 4. The lowest BCUT2D eigenvalue weighted by atomic mass is 9.95. The van der Waals surface area contributed by atoms with Gasteiger partial charge in [-0.05, 0) is 90.1 Å². The number of rotatable bonds is 10. The molecule has 12 heteroatoms. The first-order valence-electron chi connectivity index (χ1n) is 18.0. The second-order valence-electron chi connectivity index (χ2n) is 15.2. The quantitative estimate of drug-likeness (QED) is 0.0882. The predicted molar refractivity (Wildman–Crippen MR) is 204 cm³/mol. The highest BCUT2D eigenvalue weighted by Gasteiger charge is 2.29. The van der Waals surface area contributed by atoms with Crippen molar-refractivity contribution in [3.8, 4) is 0 Å². The van der Waals surface area contributed by atoms with Crippen molar-refractivity contribution in [2.24, 2.45) is 4.99 Å². The van der Waals surface area contributed by atoms with Gasteiger partial charge in [0.15, 0.2) is 0 Å². The maximum Gasteiger partial charge on any atom is 0.414 e. The minimum atomic E-state index is -0.805. The van der Waals surface area contributed by atoms with Crippen LogP contribution in [0.15, 0.2) is 89.9 Å². The molecule has 0 spiro atoms. The zero-order chi connectivity index (χ0) is 38.6. The van der Waals surface area contributed by atoms with Crippen LogP contribution >= 0.6 is 0 Å². The summed E-state index contributed by atoms with van der Waals surface area (Å²) in [6, 6.07) is 26.3. The van der Waals surface area contributed by atoms with Crippen LogP contribution in [0.4, 0.5) is 15.3 Å². The second kappa shape index (κ2) is 18.5. The molecule has 53 heavy (non-hydrogen) atoms. The van der Waals surface area contributed by atoms with Crippen LogP contribution in [0.5, 0.6) is 0 Å². The Kier molecular flexibility index (Phi) is 14.2. The molecule has 1 saturated heterocycles. The van der Waals surface area contributed by atoms with Gasteiger partial charge in [0.1, 0.15) is 17.8 Å². The Bertz CT molecular complexity index is 1680. The number of benzene rings is 3. The standard InChI is InChI=1S/C41H53N5O7/c1-28(31-19-14-20-33(25-31)43-37(44-38(49)52-40(2,3)4)45-39(50)53-41(5,6)7)35(47)42-32-21-23-46(24-22-32)26-34(30-17-12-9-13-18-30)36(48)51-27-29-15-10-8-11-16-29/h8-20,25,28,32,34H,21-24,26-27H2,1-7H3,(H,42,47)(H2,43,44,45,49,50). The molecular formula is C41H53N5O7. The van der Waals surface area contributed by atoms with Crippen molar-refractivity contribution in [2.45, 2.75) is 97.0 Å². The average Bonchev–Trinajstić information content (AvgIpc) is 3.09. The minimum Gasteiger partial charge on any atom is -0.460 e. The lowest BCUT2D eigenvalue weighted by Gasteiger charge is -2.34. The van der Waals surface area contributed by atoms with E-state index < -0.39 is 35.2 Å². The van der Waals surface area contributed by atoms with Gasteiger partial charge in [0, 0.05) is 25.7 Å². The molecule has 1 heterocycles. The number of guanidine groups is 1. The Labute approximate surface area is 312 Å². The highest BCUT2D eigenvalue weighted by Crippen LogP contribution is 2.25. The summed E-state index contributed by atoms with van der Waals surface area (Å²) in [5, 5.41) is 8.15. The zero-order valence-electron chi connectivity index (χ0n) is 31.8. The number of aliphatic imine (C=N–C) groups is 1. The summed E-state index contributed by atoms with van der Waals surface area (Å²) < 4.78 is 16.4. The van der Waals surface area contributed by atoms with Crippen LogP contribution in [0.2, 0.25) is 0 Å². The highest BCUT2D eigenvalue weighted by molar-refractivity contribution is 6.02. The SMILES string of the molecule is CC(C(=O)NC1CCN(CC(C(=O)OCc2ccccc2)c2ccccc2)CC1)c1cccc(N=C(NC(=O)OC(C)(C)C)NC(=O)OC(C)(C)C)c1. The first-order chi connectivity index (χ1) is 25.0. The van der Waals surface area contributed by atoms with E-state index >= 15 is 0 Å². The van der Waals surface area contributed by atoms with E-state index in [0.29, 0.717) is 17.8 Å². The summed E-state index contributed by atoms with van der Waals surface area (Å²) >= 11 is 0. The molecule has 0 bridgehead atoms. The van der Waals surface area contributed by atoms with Gasteiger partial charge in [-0.1, -0.05) is 72.8 Å². The van der Waals surface area contributed by atoms with E-state index in [-0.39, 0.29) is 30.5 Å². The molecule has 12 nitrogen and oxygen atoms in total. The van der Waals surface area contributed by atoms with Crippen molar-refractivity contribution < 1.29 is 33.4 Å². The number of esters is 1. The monoisotopic (exact) mass is 727 g/mol. The van der Waals surface area contributed by atoms with E-state index in [1.54, 1.807) is 59.7 Å². The first-order valence-corrected chi connectivity index (χ1v) is 18.0. The summed E-state index contributed by atoms with van der Waals surface area (Å²) in [5.41, 5.74) is 1.40. The van der Waals surface area contributed by atoms with Gasteiger partial charge in [-0.2, -0.15) is 0 Å². The van der Waals surface area contributed by atoms with Gasteiger partial charge in [0.25, 0.3) is 0 Å². The third-order valence-electron chi connectivity index (χ3n) is 8.33. The number of alkyl carbamates (subject to hydrolysis) is 2. The number of nitrogens with zero attached hydrogens (tertiary/aromatic N) is 2. The number of hydrogen-bond donors (Lipinski definition) is 3. The topological polar surface area (TPSA) is 148 Å². The summed E-state index contributed by atoms with van der Waals surface area (Å²) in [6.45, 7) is 14.3. The van der Waals surface area contributed by atoms with Gasteiger partial charge in [0.05, 0.1) is 17.5 Å². The Morgan fingerprint density at radius 2 is 1.32 bits per heavy atom. The molecular weight excluding hydrogens is 674 g/mol. The summed E-state index contributed by atoms with van der Waals surface area (Å²) in [4.78, 5) is 58.5. The van der Waals surface area contributed by atoms with Crippen LogP contribution in [0.1, 0.15) is 89.8 Å². The molecule has 3 N–H and O–H groups in total. The van der Waals surface area contributed by atoms with Gasteiger partial charge in [0.2, 0.25) is 11.9 Å². The van der Waals surface area contributed by atoms with Gasteiger partial charge in [-0.25, -0.2) is 14.6 Å². The number of carbonyl (C=O) groups excluding carboxylic acids is 4. The lowest BCUT2D eigenvalue weighted by Crippen LogP contribution is -2.47. The molecule has 2 atom stereocenters. The number of ether oxygens (including phenoxy) is 3. The Balaban J connectivity index is 1.36. The molecule has 0 aliphatic carbocycles. The van der Waals surface area contributed by atoms with Crippen molar-refractivity contribution in [2.75, 3.05) is 19.6 Å². The number of nitrogens with one attached hydrogen (secondary N) is 3. The molecule has 3 amide bonds. The maximum atomic E-state index is 13.5. The van der Waals surface area contributed by atoms with E-state index in [1.807, 2.05) is 73.7 Å². The van der Waals surface area contributed by atoms with Crippen molar-refractivity contribution in [3.63, 3.8) is 0 Å². The van der Waals surface area contributed by atoms with Gasteiger partial charge in [-0.3, -0.25) is 20.2 Å². The number of hydrogen-bond acceptors (Lipinski definition) is 9. The molecule has 3 aromatic rings. The fourth-order valence-electron chi connectivity index (χ4n) is 5.71. The fourth-order valence-corrected chi connectivity index (χ4v) is 5.71. The number of likely N-dealkylation sites (tertiary alicyclic amines) is 1. The maximum absolute atomic E-state index is 13.5. The summed E-state index contributed by atoms with van der Waals surface area (Å²) in [7, 11) is 0. The third-order valence-corrected chi connectivity index (χ3v) is 8.33. The molecule has 1 aliphatic rings. The van der Waals surface area contributed by atoms with Gasteiger partial charge in [-0.15, -0.1) is 0 Å². The number of piperidine rings is 1. The van der Waals surface area contributed by atoms with Gasteiger partial charge >= 0.3 is 18.2 Å². The van der Waals surface area contributed by atoms with E-state index in [2.05, 4.69) is 25.8 Å². The molecule has 3 aromatic carbocycles. The van der Waals surface area contributed by atoms with Crippen molar-refractivity contribution in [1.29, 1.82) is 0 Å². The third kappa shape index (κ3) is 14.0. The van der Waals surface area contributed by atoms with Crippen molar-refractivity contribution in [3.05, 3.63) is 102 Å². The van der Waals surface area contributed by atoms with Crippen LogP contribution in [0.3, 0.4) is 0 Å². The normalized spacial score (nSPS) is 14.9. The summed E-state index contributed by atoms with van der Waals surface area (Å²) in [5.74, 6) is -1.51. The van der Waals surface area contributed by atoms with Crippen LogP contribution in [0, 0.1) is 0 Å². The van der Waals surface area contributed by atoms with Gasteiger partial charge < -0.3 is 24.4 Å². The van der Waals surface area contributed by atoms with Crippen LogP contribution < -0.4 is 16.0 Å². The summed E-state index contributed by atoms with van der Waals surface area (Å²) in [6.07, 6.45) is -0.139. The van der Waals surface area contributed by atoms with Crippen LogP contribution in [0.25, 0.3) is 0 Å². The molecule has 1 fully saturated rings. The van der Waals surface area contributed by atoms with E-state index in [1.165, 1.54) is 0 Å². The highest BCUT2D eigenvalue weighted by atomic mass is 16.6. The lowest BCUT2D eigenvalue weighted by molar-refractivity contribution is -0.147. The fraction of sp³-hybridized carbons (Fsp3) is 0.439. The molecule has 284 valence electrons. The molecule has 1 aliphatic heterocycles. The molecule has 4 rings (SSSR count). The Morgan fingerprint density at radius 3 is 1.89 bits per heavy atom. The molecule has 2 unspecified atom stereocenters. The smallest absolute Gasteiger partial charge is 0.414 e. The van der Waals surface area contributed by atoms with Crippen LogP contribution in [-0.2, 0) is 30.4 Å². The number of amides is 3. The average molecular weight is 728 g/mol. The van der Waals surface area contributed by atoms with Crippen LogP contribution in [-0.4, -0.2) is 71.8 Å². The predicted octanol–water partition coefficient (Wildman–Crippen LogP) is 6.93. The Morgan fingerprint density at radius 1 is 0.774 bits per heavy atom. The van der Waals surface area contributed by atoms with E-state index in [0.717, 1.165) is 37.1 Å².